The fourth-order valence-electron chi connectivity index (χ4n) is 3.62. The van der Waals surface area contributed by atoms with Gasteiger partial charge in [0.1, 0.15) is 17.3 Å². The van der Waals surface area contributed by atoms with E-state index in [1.807, 2.05) is 48.5 Å². The van der Waals surface area contributed by atoms with Gasteiger partial charge < -0.3 is 14.5 Å². The van der Waals surface area contributed by atoms with Crippen molar-refractivity contribution in [1.82, 2.24) is 15.2 Å². The molecule has 4 rings (SSSR count). The van der Waals surface area contributed by atoms with Crippen LogP contribution in [-0.4, -0.2) is 22.9 Å². The zero-order valence-electron chi connectivity index (χ0n) is 18.9. The first-order valence-electron chi connectivity index (χ1n) is 11.0. The lowest BCUT2D eigenvalue weighted by atomic mass is 10.1. The number of halogens is 1. The molecule has 0 fully saturated rings. The Hall–Kier alpha value is -3.97. The number of pyridine rings is 1. The van der Waals surface area contributed by atoms with E-state index in [9.17, 15) is 9.18 Å². The highest BCUT2D eigenvalue weighted by molar-refractivity contribution is 5.91. The molecule has 0 aliphatic carbocycles. The highest BCUT2D eigenvalue weighted by Crippen LogP contribution is 2.19. The number of hydrogen-bond acceptors (Lipinski definition) is 5. The van der Waals surface area contributed by atoms with E-state index >= 15 is 0 Å². The number of hydrogen-bond donors (Lipinski definition) is 1. The highest BCUT2D eigenvalue weighted by atomic mass is 19.1. The lowest BCUT2D eigenvalue weighted by Gasteiger charge is -2.22. The van der Waals surface area contributed by atoms with Crippen molar-refractivity contribution in [3.63, 3.8) is 0 Å². The first-order chi connectivity index (χ1) is 16.6. The number of nitrogens with zero attached hydrogens (tertiary/aromatic N) is 2. The van der Waals surface area contributed by atoms with Gasteiger partial charge >= 0.3 is 0 Å². The molecule has 174 valence electrons. The van der Waals surface area contributed by atoms with Crippen LogP contribution in [0.4, 0.5) is 4.39 Å². The van der Waals surface area contributed by atoms with Crippen molar-refractivity contribution in [3.05, 3.63) is 119 Å². The molecule has 0 saturated heterocycles. The van der Waals surface area contributed by atoms with E-state index in [0.717, 1.165) is 22.6 Å². The summed E-state index contributed by atoms with van der Waals surface area (Å²) in [5.74, 6) is 1.09. The van der Waals surface area contributed by atoms with Crippen molar-refractivity contribution in [2.45, 2.75) is 26.2 Å². The second kappa shape index (κ2) is 11.2. The molecule has 0 aliphatic rings. The van der Waals surface area contributed by atoms with Crippen LogP contribution in [0.15, 0.2) is 89.5 Å². The molecule has 0 spiro atoms. The first-order valence-corrected chi connectivity index (χ1v) is 11.0. The third-order valence-electron chi connectivity index (χ3n) is 5.28. The Morgan fingerprint density at radius 3 is 2.53 bits per heavy atom. The maximum Gasteiger partial charge on any atom is 0.287 e. The largest absolute Gasteiger partial charge is 0.497 e. The molecular formula is C27H26FN3O3. The number of methoxy groups -OCH3 is 1. The molecule has 0 bridgehead atoms. The summed E-state index contributed by atoms with van der Waals surface area (Å²) in [6.07, 6.45) is 1.68. The fourth-order valence-corrected chi connectivity index (χ4v) is 3.62. The van der Waals surface area contributed by atoms with Gasteiger partial charge in [-0.05, 0) is 59.7 Å². The van der Waals surface area contributed by atoms with Gasteiger partial charge in [0.2, 0.25) is 0 Å². The van der Waals surface area contributed by atoms with Crippen LogP contribution in [0.5, 0.6) is 5.75 Å². The molecule has 0 radical (unpaired) electrons. The average Bonchev–Trinajstić information content (AvgIpc) is 3.32. The molecule has 2 aromatic heterocycles. The lowest BCUT2D eigenvalue weighted by molar-refractivity contribution is 0.0918. The fraction of sp³-hybridized carbons (Fsp3) is 0.185. The van der Waals surface area contributed by atoms with Crippen molar-refractivity contribution < 1.29 is 18.3 Å². The predicted molar refractivity (Wildman–Crippen MR) is 126 cm³/mol. The SMILES string of the molecule is COc1ccc(CN(Cc2cccc(F)c2)Cc2ccc(C(=O)NCc3ccccn3)o2)cc1. The number of carbonyl (C=O) groups excluding carboxylic acids is 1. The van der Waals surface area contributed by atoms with Crippen LogP contribution in [0.3, 0.4) is 0 Å². The third kappa shape index (κ3) is 6.52. The number of benzene rings is 2. The number of ether oxygens (including phenoxy) is 1. The summed E-state index contributed by atoms with van der Waals surface area (Å²) in [6.45, 7) is 1.91. The van der Waals surface area contributed by atoms with Crippen molar-refractivity contribution in [2.24, 2.45) is 0 Å². The monoisotopic (exact) mass is 459 g/mol. The second-order valence-corrected chi connectivity index (χ2v) is 7.89. The molecule has 0 saturated carbocycles. The molecule has 1 N–H and O–H groups in total. The summed E-state index contributed by atoms with van der Waals surface area (Å²) in [5, 5.41) is 2.82. The van der Waals surface area contributed by atoms with E-state index in [0.29, 0.717) is 31.9 Å². The summed E-state index contributed by atoms with van der Waals surface area (Å²) in [4.78, 5) is 18.8. The number of amides is 1. The normalized spacial score (nSPS) is 10.9. The Labute approximate surface area is 198 Å². The first kappa shape index (κ1) is 23.2. The molecular weight excluding hydrogens is 433 g/mol. The number of carbonyl (C=O) groups is 1. The minimum Gasteiger partial charge on any atom is -0.497 e. The number of nitrogens with one attached hydrogen (secondary N) is 1. The van der Waals surface area contributed by atoms with Gasteiger partial charge in [0.25, 0.3) is 5.91 Å². The van der Waals surface area contributed by atoms with Gasteiger partial charge in [0, 0.05) is 19.3 Å². The van der Waals surface area contributed by atoms with E-state index in [-0.39, 0.29) is 17.5 Å². The molecule has 1 amide bonds. The molecule has 2 aromatic carbocycles. The van der Waals surface area contributed by atoms with Gasteiger partial charge in [-0.15, -0.1) is 0 Å². The van der Waals surface area contributed by atoms with Crippen LogP contribution in [-0.2, 0) is 26.2 Å². The minimum absolute atomic E-state index is 0.237. The van der Waals surface area contributed by atoms with E-state index < -0.39 is 0 Å². The minimum atomic E-state index is -0.302. The Morgan fingerprint density at radius 1 is 0.971 bits per heavy atom. The highest BCUT2D eigenvalue weighted by Gasteiger charge is 2.15. The van der Waals surface area contributed by atoms with Gasteiger partial charge in [-0.2, -0.15) is 0 Å². The molecule has 0 atom stereocenters. The van der Waals surface area contributed by atoms with Gasteiger partial charge in [-0.25, -0.2) is 4.39 Å². The van der Waals surface area contributed by atoms with E-state index in [1.54, 1.807) is 31.5 Å². The Bertz CT molecular complexity index is 1210. The van der Waals surface area contributed by atoms with Crippen LogP contribution < -0.4 is 10.1 Å². The Balaban J connectivity index is 1.44. The van der Waals surface area contributed by atoms with Gasteiger partial charge in [-0.3, -0.25) is 14.7 Å². The quantitative estimate of drug-likeness (QED) is 0.363. The summed E-state index contributed by atoms with van der Waals surface area (Å²) < 4.78 is 24.8. The lowest BCUT2D eigenvalue weighted by Crippen LogP contribution is -2.23. The number of aromatic nitrogens is 1. The summed E-state index contributed by atoms with van der Waals surface area (Å²) >= 11 is 0. The van der Waals surface area contributed by atoms with Crippen molar-refractivity contribution >= 4 is 5.91 Å². The van der Waals surface area contributed by atoms with Crippen LogP contribution in [0.25, 0.3) is 0 Å². The molecule has 6 nitrogen and oxygen atoms in total. The Morgan fingerprint density at radius 2 is 1.79 bits per heavy atom. The molecule has 34 heavy (non-hydrogen) atoms. The van der Waals surface area contributed by atoms with Gasteiger partial charge in [0.05, 0.1) is 25.9 Å². The van der Waals surface area contributed by atoms with Crippen molar-refractivity contribution in [2.75, 3.05) is 7.11 Å². The standard InChI is InChI=1S/C27H26FN3O3/c1-33-24-10-8-20(9-11-24)17-31(18-21-5-4-6-22(28)15-21)19-25-12-13-26(34-25)27(32)30-16-23-7-2-3-14-29-23/h2-15H,16-19H2,1H3,(H,30,32). The zero-order valence-corrected chi connectivity index (χ0v) is 18.9. The molecule has 0 aliphatic heterocycles. The van der Waals surface area contributed by atoms with Crippen molar-refractivity contribution in [1.29, 1.82) is 0 Å². The summed E-state index contributed by atoms with van der Waals surface area (Å²) in [7, 11) is 1.63. The maximum atomic E-state index is 13.7. The smallest absolute Gasteiger partial charge is 0.287 e. The molecule has 4 aromatic rings. The van der Waals surface area contributed by atoms with Gasteiger partial charge in [0.15, 0.2) is 5.76 Å². The van der Waals surface area contributed by atoms with E-state index in [4.69, 9.17) is 9.15 Å². The number of furan rings is 1. The summed E-state index contributed by atoms with van der Waals surface area (Å²) in [6, 6.07) is 23.4. The zero-order chi connectivity index (χ0) is 23.8. The van der Waals surface area contributed by atoms with E-state index in [1.165, 1.54) is 12.1 Å². The molecule has 2 heterocycles. The summed E-state index contributed by atoms with van der Waals surface area (Å²) in [5.41, 5.74) is 2.70. The average molecular weight is 460 g/mol. The van der Waals surface area contributed by atoms with Gasteiger partial charge in [-0.1, -0.05) is 30.3 Å². The predicted octanol–water partition coefficient (Wildman–Crippen LogP) is 4.95. The second-order valence-electron chi connectivity index (χ2n) is 7.89. The van der Waals surface area contributed by atoms with Crippen LogP contribution in [0.2, 0.25) is 0 Å². The van der Waals surface area contributed by atoms with Crippen LogP contribution in [0.1, 0.15) is 33.1 Å². The van der Waals surface area contributed by atoms with Crippen molar-refractivity contribution in [3.8, 4) is 5.75 Å². The third-order valence-corrected chi connectivity index (χ3v) is 5.28. The maximum absolute atomic E-state index is 13.7. The Kier molecular flexibility index (Phi) is 7.67. The molecule has 0 unspecified atom stereocenters. The van der Waals surface area contributed by atoms with Crippen LogP contribution >= 0.6 is 0 Å². The molecule has 7 heteroatoms. The number of rotatable bonds is 10. The van der Waals surface area contributed by atoms with E-state index in [2.05, 4.69) is 15.2 Å². The topological polar surface area (TPSA) is 67.6 Å². The van der Waals surface area contributed by atoms with Crippen LogP contribution in [0, 0.1) is 5.82 Å².